The molecule has 142 valence electrons. The zero-order valence-corrected chi connectivity index (χ0v) is 14.9. The van der Waals surface area contributed by atoms with Gasteiger partial charge in [0.1, 0.15) is 12.7 Å². The van der Waals surface area contributed by atoms with Crippen LogP contribution in [-0.2, 0) is 21.5 Å². The minimum Gasteiger partial charge on any atom is -0.481 e. The lowest BCUT2D eigenvalue weighted by Crippen LogP contribution is -2.49. The number of likely N-dealkylation sites (tertiary alicyclic amines) is 1. The molecule has 0 saturated carbocycles. The largest absolute Gasteiger partial charge is 0.481 e. The molecule has 2 heterocycles. The lowest BCUT2D eigenvalue weighted by atomic mass is 9.73. The van der Waals surface area contributed by atoms with Gasteiger partial charge in [-0.1, -0.05) is 30.3 Å². The summed E-state index contributed by atoms with van der Waals surface area (Å²) in [6, 6.07) is 9.07. The van der Waals surface area contributed by atoms with E-state index in [1.807, 2.05) is 18.2 Å². The third-order valence-corrected chi connectivity index (χ3v) is 5.16. The van der Waals surface area contributed by atoms with Crippen LogP contribution in [0.25, 0.3) is 0 Å². The number of carboxylic acids is 1. The molecule has 0 unspecified atom stereocenters. The highest BCUT2D eigenvalue weighted by atomic mass is 16.6. The molecule has 1 aliphatic rings. The molecular weight excluding hydrogens is 352 g/mol. The topological polar surface area (TPSA) is 119 Å². The summed E-state index contributed by atoms with van der Waals surface area (Å²) in [6.45, 7) is 2.17. The van der Waals surface area contributed by atoms with Crippen molar-refractivity contribution in [2.45, 2.75) is 31.7 Å². The molecule has 1 aromatic carbocycles. The fourth-order valence-corrected chi connectivity index (χ4v) is 3.51. The minimum atomic E-state index is -0.998. The summed E-state index contributed by atoms with van der Waals surface area (Å²) in [5.41, 5.74) is -0.257. The standard InChI is InChI=1S/C18H20N4O5/c1-13-19-15(22(26)27)11-21(13)12-16(23)20-9-7-18(8-10-20,17(24)25)14-5-3-2-4-6-14/h2-6,11H,7-10,12H2,1H3,(H,24,25). The van der Waals surface area contributed by atoms with Gasteiger partial charge >= 0.3 is 11.8 Å². The SMILES string of the molecule is Cc1nc([N+](=O)[O-])cn1CC(=O)N1CCC(C(=O)O)(c2ccccc2)CC1. The van der Waals surface area contributed by atoms with Crippen molar-refractivity contribution >= 4 is 17.7 Å². The van der Waals surface area contributed by atoms with Crippen LogP contribution in [-0.4, -0.2) is 49.4 Å². The Hall–Kier alpha value is -3.23. The van der Waals surface area contributed by atoms with Crippen LogP contribution >= 0.6 is 0 Å². The maximum absolute atomic E-state index is 12.6. The van der Waals surface area contributed by atoms with E-state index in [0.717, 1.165) is 5.56 Å². The highest BCUT2D eigenvalue weighted by molar-refractivity contribution is 5.82. The summed E-state index contributed by atoms with van der Waals surface area (Å²) in [7, 11) is 0. The fourth-order valence-electron chi connectivity index (χ4n) is 3.51. The van der Waals surface area contributed by atoms with Gasteiger partial charge in [0.05, 0.1) is 5.41 Å². The van der Waals surface area contributed by atoms with E-state index < -0.39 is 16.3 Å². The monoisotopic (exact) mass is 372 g/mol. The highest BCUT2D eigenvalue weighted by Crippen LogP contribution is 2.36. The van der Waals surface area contributed by atoms with Crippen LogP contribution in [0, 0.1) is 17.0 Å². The third kappa shape index (κ3) is 3.53. The molecule has 1 aliphatic heterocycles. The normalized spacial score (nSPS) is 16.1. The molecule has 9 heteroatoms. The Bertz CT molecular complexity index is 869. The number of hydrogen-bond donors (Lipinski definition) is 1. The van der Waals surface area contributed by atoms with Crippen molar-refractivity contribution in [1.82, 2.24) is 14.5 Å². The fraction of sp³-hybridized carbons (Fsp3) is 0.389. The Morgan fingerprint density at radius 1 is 1.26 bits per heavy atom. The summed E-state index contributed by atoms with van der Waals surface area (Å²) in [5, 5.41) is 20.6. The van der Waals surface area contributed by atoms with Gasteiger partial charge in [-0.2, -0.15) is 0 Å². The van der Waals surface area contributed by atoms with Gasteiger partial charge in [0.25, 0.3) is 0 Å². The molecule has 0 radical (unpaired) electrons. The first-order valence-corrected chi connectivity index (χ1v) is 8.58. The molecule has 1 amide bonds. The predicted molar refractivity (Wildman–Crippen MR) is 95.2 cm³/mol. The van der Waals surface area contributed by atoms with Gasteiger partial charge in [-0.3, -0.25) is 14.2 Å². The quantitative estimate of drug-likeness (QED) is 0.631. The molecule has 1 fully saturated rings. The molecule has 2 aromatic rings. The zero-order valence-electron chi connectivity index (χ0n) is 14.9. The smallest absolute Gasteiger partial charge is 0.381 e. The molecule has 9 nitrogen and oxygen atoms in total. The van der Waals surface area contributed by atoms with Gasteiger partial charge in [0, 0.05) is 20.0 Å². The Morgan fingerprint density at radius 3 is 2.41 bits per heavy atom. The van der Waals surface area contributed by atoms with Crippen LogP contribution in [0.2, 0.25) is 0 Å². The van der Waals surface area contributed by atoms with E-state index in [9.17, 15) is 24.8 Å². The number of nitrogens with zero attached hydrogens (tertiary/aromatic N) is 4. The Balaban J connectivity index is 1.70. The van der Waals surface area contributed by atoms with Crippen LogP contribution in [0.5, 0.6) is 0 Å². The van der Waals surface area contributed by atoms with Crippen molar-refractivity contribution in [2.24, 2.45) is 0 Å². The number of carbonyl (C=O) groups excluding carboxylic acids is 1. The molecule has 0 atom stereocenters. The Labute approximate surface area is 155 Å². The minimum absolute atomic E-state index is 0.0575. The first-order chi connectivity index (χ1) is 12.8. The van der Waals surface area contributed by atoms with Crippen molar-refractivity contribution in [3.63, 3.8) is 0 Å². The molecule has 1 aromatic heterocycles. The first-order valence-electron chi connectivity index (χ1n) is 8.58. The summed E-state index contributed by atoms with van der Waals surface area (Å²) in [6.07, 6.45) is 1.88. The number of carboxylic acid groups (broad SMARTS) is 1. The van der Waals surface area contributed by atoms with Crippen molar-refractivity contribution in [1.29, 1.82) is 0 Å². The number of aromatic nitrogens is 2. The maximum atomic E-state index is 12.6. The van der Waals surface area contributed by atoms with Gasteiger partial charge in [0.15, 0.2) is 0 Å². The number of imidazole rings is 1. The summed E-state index contributed by atoms with van der Waals surface area (Å²) in [4.78, 5) is 40.2. The molecule has 1 saturated heterocycles. The lowest BCUT2D eigenvalue weighted by molar-refractivity contribution is -0.389. The second-order valence-corrected chi connectivity index (χ2v) is 6.67. The van der Waals surface area contributed by atoms with E-state index in [1.54, 1.807) is 24.0 Å². The van der Waals surface area contributed by atoms with Crippen LogP contribution in [0.1, 0.15) is 24.2 Å². The number of hydrogen-bond acceptors (Lipinski definition) is 5. The number of benzene rings is 1. The summed E-state index contributed by atoms with van der Waals surface area (Å²) >= 11 is 0. The van der Waals surface area contributed by atoms with Crippen molar-refractivity contribution in [3.05, 3.63) is 58.0 Å². The van der Waals surface area contributed by atoms with Crippen LogP contribution in [0.15, 0.2) is 36.5 Å². The second-order valence-electron chi connectivity index (χ2n) is 6.67. The zero-order chi connectivity index (χ0) is 19.6. The van der Waals surface area contributed by atoms with Gasteiger partial charge in [-0.25, -0.2) is 0 Å². The Morgan fingerprint density at radius 2 is 1.89 bits per heavy atom. The van der Waals surface area contributed by atoms with Gasteiger partial charge in [-0.05, 0) is 28.3 Å². The number of carbonyl (C=O) groups is 2. The van der Waals surface area contributed by atoms with Crippen LogP contribution in [0.4, 0.5) is 5.82 Å². The number of aliphatic carboxylic acids is 1. The molecule has 1 N–H and O–H groups in total. The van der Waals surface area contributed by atoms with Crippen molar-refractivity contribution in [3.8, 4) is 0 Å². The third-order valence-electron chi connectivity index (χ3n) is 5.16. The molecule has 27 heavy (non-hydrogen) atoms. The number of aryl methyl sites for hydroxylation is 1. The number of piperidine rings is 1. The van der Waals surface area contributed by atoms with E-state index in [1.165, 1.54) is 10.8 Å². The molecule has 3 rings (SSSR count). The summed E-state index contributed by atoms with van der Waals surface area (Å²) < 4.78 is 1.44. The van der Waals surface area contributed by atoms with E-state index in [4.69, 9.17) is 0 Å². The van der Waals surface area contributed by atoms with Gasteiger partial charge < -0.3 is 20.1 Å². The highest BCUT2D eigenvalue weighted by Gasteiger charge is 2.43. The molecule has 0 bridgehead atoms. The molecular formula is C18H20N4O5. The van der Waals surface area contributed by atoms with E-state index in [2.05, 4.69) is 4.98 Å². The average molecular weight is 372 g/mol. The van der Waals surface area contributed by atoms with E-state index in [-0.39, 0.29) is 18.3 Å². The number of rotatable bonds is 5. The maximum Gasteiger partial charge on any atom is 0.381 e. The van der Waals surface area contributed by atoms with Crippen LogP contribution < -0.4 is 0 Å². The lowest BCUT2D eigenvalue weighted by Gasteiger charge is -2.39. The second kappa shape index (κ2) is 7.18. The molecule has 0 spiro atoms. The number of nitro groups is 1. The number of amides is 1. The van der Waals surface area contributed by atoms with E-state index in [0.29, 0.717) is 31.8 Å². The molecule has 0 aliphatic carbocycles. The first kappa shape index (κ1) is 18.6. The average Bonchev–Trinajstić information content (AvgIpc) is 3.03. The van der Waals surface area contributed by atoms with E-state index >= 15 is 0 Å². The summed E-state index contributed by atoms with van der Waals surface area (Å²) in [5.74, 6) is -1.01. The van der Waals surface area contributed by atoms with Crippen LogP contribution in [0.3, 0.4) is 0 Å². The van der Waals surface area contributed by atoms with Gasteiger partial charge in [0.2, 0.25) is 11.7 Å². The predicted octanol–water partition coefficient (Wildman–Crippen LogP) is 1.74. The van der Waals surface area contributed by atoms with Crippen molar-refractivity contribution < 1.29 is 19.6 Å². The van der Waals surface area contributed by atoms with Crippen molar-refractivity contribution in [2.75, 3.05) is 13.1 Å². The van der Waals surface area contributed by atoms with Gasteiger partial charge in [-0.15, -0.1) is 0 Å². The Kier molecular flexibility index (Phi) is 4.93.